The number of aromatic nitrogens is 2. The van der Waals surface area contributed by atoms with E-state index in [4.69, 9.17) is 5.11 Å². The summed E-state index contributed by atoms with van der Waals surface area (Å²) in [7, 11) is 1.97. The summed E-state index contributed by atoms with van der Waals surface area (Å²) in [6.45, 7) is 2.30. The van der Waals surface area contributed by atoms with E-state index in [9.17, 15) is 0 Å². The largest absolute Gasteiger partial charge is 0.396 e. The Hall–Kier alpha value is -0.830. The van der Waals surface area contributed by atoms with Crippen molar-refractivity contribution in [2.45, 2.75) is 32.1 Å². The van der Waals surface area contributed by atoms with E-state index in [1.165, 1.54) is 29.8 Å². The third-order valence-corrected chi connectivity index (χ3v) is 2.81. The Morgan fingerprint density at radius 2 is 2.23 bits per heavy atom. The Bertz CT molecular complexity index is 313. The van der Waals surface area contributed by atoms with E-state index in [1.807, 2.05) is 11.7 Å². The predicted octanol–water partition coefficient (Wildman–Crippen LogP) is 1.14. The van der Waals surface area contributed by atoms with E-state index in [-0.39, 0.29) is 6.61 Å². The molecule has 1 saturated carbocycles. The molecular formula is C10H16N2O. The number of aryl methyl sites for hydroxylation is 1. The normalized spacial score (nSPS) is 16.5. The molecular weight excluding hydrogens is 164 g/mol. The summed E-state index contributed by atoms with van der Waals surface area (Å²) in [4.78, 5) is 0. The molecule has 1 heterocycles. The Morgan fingerprint density at radius 1 is 1.54 bits per heavy atom. The van der Waals surface area contributed by atoms with Gasteiger partial charge in [-0.15, -0.1) is 0 Å². The fourth-order valence-corrected chi connectivity index (χ4v) is 1.78. The first kappa shape index (κ1) is 8.75. The highest BCUT2D eigenvalue weighted by Crippen LogP contribution is 2.41. The third kappa shape index (κ3) is 1.48. The maximum Gasteiger partial charge on any atom is 0.0690 e. The van der Waals surface area contributed by atoms with Crippen LogP contribution in [0.15, 0.2) is 0 Å². The van der Waals surface area contributed by atoms with Gasteiger partial charge in [0, 0.05) is 25.3 Å². The molecule has 0 bridgehead atoms. The lowest BCUT2D eigenvalue weighted by Crippen LogP contribution is -1.96. The molecule has 13 heavy (non-hydrogen) atoms. The number of hydrogen-bond acceptors (Lipinski definition) is 2. The summed E-state index contributed by atoms with van der Waals surface area (Å²) in [6.07, 6.45) is 3.30. The van der Waals surface area contributed by atoms with Crippen LogP contribution in [0.25, 0.3) is 0 Å². The highest BCUT2D eigenvalue weighted by molar-refractivity contribution is 5.31. The second kappa shape index (κ2) is 3.14. The van der Waals surface area contributed by atoms with Gasteiger partial charge in [-0.3, -0.25) is 4.68 Å². The van der Waals surface area contributed by atoms with Crippen LogP contribution >= 0.6 is 0 Å². The van der Waals surface area contributed by atoms with Gasteiger partial charge in [-0.25, -0.2) is 0 Å². The Kier molecular flexibility index (Phi) is 2.12. The van der Waals surface area contributed by atoms with Crippen LogP contribution in [0.5, 0.6) is 0 Å². The number of aliphatic hydroxyl groups excluding tert-OH is 1. The molecule has 72 valence electrons. The molecule has 0 unspecified atom stereocenters. The molecule has 0 atom stereocenters. The van der Waals surface area contributed by atoms with Crippen LogP contribution in [0.2, 0.25) is 0 Å². The molecule has 1 aliphatic carbocycles. The number of rotatable bonds is 3. The van der Waals surface area contributed by atoms with E-state index >= 15 is 0 Å². The van der Waals surface area contributed by atoms with Crippen molar-refractivity contribution in [3.05, 3.63) is 17.0 Å². The maximum absolute atomic E-state index is 8.94. The van der Waals surface area contributed by atoms with Crippen LogP contribution < -0.4 is 0 Å². The first-order valence-corrected chi connectivity index (χ1v) is 4.87. The fourth-order valence-electron chi connectivity index (χ4n) is 1.78. The van der Waals surface area contributed by atoms with E-state index < -0.39 is 0 Å². The molecule has 0 radical (unpaired) electrons. The fraction of sp³-hybridized carbons (Fsp3) is 0.700. The lowest BCUT2D eigenvalue weighted by Gasteiger charge is -1.99. The molecule has 2 rings (SSSR count). The smallest absolute Gasteiger partial charge is 0.0690 e. The number of hydrogen-bond donors (Lipinski definition) is 1. The first-order valence-electron chi connectivity index (χ1n) is 4.87. The van der Waals surface area contributed by atoms with Gasteiger partial charge in [0.05, 0.1) is 5.69 Å². The quantitative estimate of drug-likeness (QED) is 0.757. The van der Waals surface area contributed by atoms with Crippen LogP contribution in [0, 0.1) is 6.92 Å². The summed E-state index contributed by atoms with van der Waals surface area (Å²) < 4.78 is 1.93. The van der Waals surface area contributed by atoms with Gasteiger partial charge in [0.15, 0.2) is 0 Å². The van der Waals surface area contributed by atoms with Crippen molar-refractivity contribution in [3.8, 4) is 0 Å². The molecule has 1 aliphatic rings. The minimum Gasteiger partial charge on any atom is -0.396 e. The van der Waals surface area contributed by atoms with Crippen molar-refractivity contribution >= 4 is 0 Å². The minimum atomic E-state index is 0.228. The molecule has 0 amide bonds. The molecule has 0 spiro atoms. The second-order valence-electron chi connectivity index (χ2n) is 3.82. The van der Waals surface area contributed by atoms with Crippen LogP contribution in [-0.2, 0) is 13.5 Å². The van der Waals surface area contributed by atoms with Crippen LogP contribution in [0.4, 0.5) is 0 Å². The standard InChI is InChI=1S/C10H16N2O/c1-7-9(5-6-13)10(8-3-4-8)11-12(7)2/h8,13H,3-6H2,1-2H3. The molecule has 1 aromatic heterocycles. The van der Waals surface area contributed by atoms with Crippen molar-refractivity contribution in [2.75, 3.05) is 6.61 Å². The van der Waals surface area contributed by atoms with Crippen molar-refractivity contribution < 1.29 is 5.11 Å². The van der Waals surface area contributed by atoms with E-state index in [0.29, 0.717) is 5.92 Å². The molecule has 0 aromatic carbocycles. The second-order valence-corrected chi connectivity index (χ2v) is 3.82. The van der Waals surface area contributed by atoms with Gasteiger partial charge < -0.3 is 5.11 Å². The molecule has 3 heteroatoms. The summed E-state index contributed by atoms with van der Waals surface area (Å²) in [6, 6.07) is 0. The molecule has 0 aliphatic heterocycles. The van der Waals surface area contributed by atoms with Crippen LogP contribution in [-0.4, -0.2) is 21.5 Å². The van der Waals surface area contributed by atoms with Crippen LogP contribution in [0.3, 0.4) is 0 Å². The Labute approximate surface area is 78.4 Å². The molecule has 1 aromatic rings. The van der Waals surface area contributed by atoms with E-state index in [1.54, 1.807) is 0 Å². The maximum atomic E-state index is 8.94. The Morgan fingerprint density at radius 3 is 2.77 bits per heavy atom. The van der Waals surface area contributed by atoms with Gasteiger partial charge in [-0.05, 0) is 31.7 Å². The summed E-state index contributed by atoms with van der Waals surface area (Å²) >= 11 is 0. The van der Waals surface area contributed by atoms with Gasteiger partial charge >= 0.3 is 0 Å². The van der Waals surface area contributed by atoms with Crippen molar-refractivity contribution in [1.82, 2.24) is 9.78 Å². The van der Waals surface area contributed by atoms with Gasteiger partial charge in [0.25, 0.3) is 0 Å². The zero-order valence-electron chi connectivity index (χ0n) is 8.25. The summed E-state index contributed by atoms with van der Waals surface area (Å²) in [5.41, 5.74) is 3.71. The molecule has 3 nitrogen and oxygen atoms in total. The average molecular weight is 180 g/mol. The zero-order chi connectivity index (χ0) is 9.42. The summed E-state index contributed by atoms with van der Waals surface area (Å²) in [5, 5.41) is 13.4. The third-order valence-electron chi connectivity index (χ3n) is 2.81. The average Bonchev–Trinajstić information content (AvgIpc) is 2.89. The van der Waals surface area contributed by atoms with Crippen molar-refractivity contribution in [3.63, 3.8) is 0 Å². The molecule has 1 N–H and O–H groups in total. The van der Waals surface area contributed by atoms with Crippen molar-refractivity contribution in [1.29, 1.82) is 0 Å². The highest BCUT2D eigenvalue weighted by Gasteiger charge is 2.29. The van der Waals surface area contributed by atoms with Crippen molar-refractivity contribution in [2.24, 2.45) is 7.05 Å². The van der Waals surface area contributed by atoms with Gasteiger partial charge in [-0.2, -0.15) is 5.10 Å². The lowest BCUT2D eigenvalue weighted by molar-refractivity contribution is 0.299. The number of nitrogens with zero attached hydrogens (tertiary/aromatic N) is 2. The van der Waals surface area contributed by atoms with Crippen LogP contribution in [0.1, 0.15) is 35.7 Å². The first-order chi connectivity index (χ1) is 6.24. The Balaban J connectivity index is 2.35. The van der Waals surface area contributed by atoms with E-state index in [0.717, 1.165) is 6.42 Å². The summed E-state index contributed by atoms with van der Waals surface area (Å²) in [5.74, 6) is 0.682. The predicted molar refractivity (Wildman–Crippen MR) is 50.7 cm³/mol. The molecule has 0 saturated heterocycles. The highest BCUT2D eigenvalue weighted by atomic mass is 16.2. The van der Waals surface area contributed by atoms with E-state index in [2.05, 4.69) is 12.0 Å². The number of aliphatic hydroxyl groups is 1. The molecule has 1 fully saturated rings. The zero-order valence-corrected chi connectivity index (χ0v) is 8.25. The van der Waals surface area contributed by atoms with Gasteiger partial charge in [0.1, 0.15) is 0 Å². The van der Waals surface area contributed by atoms with Gasteiger partial charge in [0.2, 0.25) is 0 Å². The van der Waals surface area contributed by atoms with Gasteiger partial charge in [-0.1, -0.05) is 0 Å². The SMILES string of the molecule is Cc1c(CCO)c(C2CC2)nn1C. The minimum absolute atomic E-state index is 0.228. The topological polar surface area (TPSA) is 38.1 Å². The lowest BCUT2D eigenvalue weighted by atomic mass is 10.1. The monoisotopic (exact) mass is 180 g/mol.